The van der Waals surface area contributed by atoms with Crippen molar-refractivity contribution in [3.63, 3.8) is 0 Å². The van der Waals surface area contributed by atoms with Gasteiger partial charge in [-0.3, -0.25) is 9.78 Å². The number of hydrogen-bond donors (Lipinski definition) is 1. The zero-order valence-electron chi connectivity index (χ0n) is 11.7. The fourth-order valence-electron chi connectivity index (χ4n) is 2.27. The SMILES string of the molecule is CC(C)C(=O)NCC1CCN(c2cnccn2)CC1. The molecule has 2 rings (SSSR count). The molecule has 1 fully saturated rings. The highest BCUT2D eigenvalue weighted by Crippen LogP contribution is 2.20. The molecule has 0 atom stereocenters. The molecule has 19 heavy (non-hydrogen) atoms. The standard InChI is InChI=1S/C14H22N4O/c1-11(2)14(19)17-9-12-3-7-18(8-4-12)13-10-15-5-6-16-13/h5-6,10-12H,3-4,7-9H2,1-2H3,(H,17,19). The van der Waals surface area contributed by atoms with Crippen molar-refractivity contribution in [3.8, 4) is 0 Å². The maximum absolute atomic E-state index is 11.5. The third-order valence-corrected chi connectivity index (χ3v) is 3.58. The molecule has 1 amide bonds. The molecule has 2 heterocycles. The molecule has 1 saturated heterocycles. The summed E-state index contributed by atoms with van der Waals surface area (Å²) in [5.74, 6) is 1.75. The minimum absolute atomic E-state index is 0.0692. The molecular formula is C14H22N4O. The number of piperidine rings is 1. The van der Waals surface area contributed by atoms with Gasteiger partial charge in [-0.05, 0) is 18.8 Å². The molecule has 1 aliphatic heterocycles. The summed E-state index contributed by atoms with van der Waals surface area (Å²) in [6, 6.07) is 0. The largest absolute Gasteiger partial charge is 0.356 e. The minimum Gasteiger partial charge on any atom is -0.356 e. The van der Waals surface area contributed by atoms with Gasteiger partial charge in [0.15, 0.2) is 0 Å². The molecule has 104 valence electrons. The Morgan fingerprint density at radius 1 is 1.42 bits per heavy atom. The molecule has 0 unspecified atom stereocenters. The Bertz CT molecular complexity index is 399. The number of carbonyl (C=O) groups is 1. The first-order chi connectivity index (χ1) is 9.16. The second kappa shape index (κ2) is 6.50. The van der Waals surface area contributed by atoms with Gasteiger partial charge in [-0.1, -0.05) is 13.8 Å². The summed E-state index contributed by atoms with van der Waals surface area (Å²) in [4.78, 5) is 22.2. The molecule has 0 bridgehead atoms. The fourth-order valence-corrected chi connectivity index (χ4v) is 2.27. The minimum atomic E-state index is 0.0692. The van der Waals surface area contributed by atoms with Gasteiger partial charge in [-0.25, -0.2) is 4.98 Å². The maximum Gasteiger partial charge on any atom is 0.222 e. The van der Waals surface area contributed by atoms with Crippen LogP contribution in [0.2, 0.25) is 0 Å². The number of nitrogens with one attached hydrogen (secondary N) is 1. The van der Waals surface area contributed by atoms with E-state index in [2.05, 4.69) is 20.2 Å². The molecule has 5 nitrogen and oxygen atoms in total. The van der Waals surface area contributed by atoms with E-state index in [4.69, 9.17) is 0 Å². The Morgan fingerprint density at radius 3 is 2.74 bits per heavy atom. The van der Waals surface area contributed by atoms with Crippen LogP contribution in [0.15, 0.2) is 18.6 Å². The molecule has 1 aromatic rings. The van der Waals surface area contributed by atoms with Crippen molar-refractivity contribution in [1.29, 1.82) is 0 Å². The third kappa shape index (κ3) is 3.91. The Labute approximate surface area is 114 Å². The molecule has 0 radical (unpaired) electrons. The number of hydrogen-bond acceptors (Lipinski definition) is 4. The lowest BCUT2D eigenvalue weighted by Crippen LogP contribution is -2.39. The van der Waals surface area contributed by atoms with Gasteiger partial charge in [-0.2, -0.15) is 0 Å². The van der Waals surface area contributed by atoms with Gasteiger partial charge in [0.25, 0.3) is 0 Å². The summed E-state index contributed by atoms with van der Waals surface area (Å²) in [6.07, 6.45) is 7.41. The quantitative estimate of drug-likeness (QED) is 0.892. The molecular weight excluding hydrogens is 240 g/mol. The summed E-state index contributed by atoms with van der Waals surface area (Å²) in [5, 5.41) is 3.02. The lowest BCUT2D eigenvalue weighted by Gasteiger charge is -2.32. The third-order valence-electron chi connectivity index (χ3n) is 3.58. The van der Waals surface area contributed by atoms with E-state index in [1.807, 2.05) is 13.8 Å². The molecule has 0 spiro atoms. The summed E-state index contributed by atoms with van der Waals surface area (Å²) in [5.41, 5.74) is 0. The highest BCUT2D eigenvalue weighted by atomic mass is 16.1. The zero-order chi connectivity index (χ0) is 13.7. The molecule has 1 aliphatic rings. The van der Waals surface area contributed by atoms with Crippen molar-refractivity contribution in [3.05, 3.63) is 18.6 Å². The van der Waals surface area contributed by atoms with Crippen LogP contribution in [-0.4, -0.2) is 35.5 Å². The maximum atomic E-state index is 11.5. The van der Waals surface area contributed by atoms with E-state index in [0.29, 0.717) is 5.92 Å². The number of carbonyl (C=O) groups excluding carboxylic acids is 1. The van der Waals surface area contributed by atoms with Gasteiger partial charge >= 0.3 is 0 Å². The van der Waals surface area contributed by atoms with Gasteiger partial charge in [0.05, 0.1) is 6.20 Å². The van der Waals surface area contributed by atoms with Crippen LogP contribution in [0.5, 0.6) is 0 Å². The van der Waals surface area contributed by atoms with Crippen molar-refractivity contribution < 1.29 is 4.79 Å². The summed E-state index contributed by atoms with van der Waals surface area (Å²) < 4.78 is 0. The van der Waals surface area contributed by atoms with E-state index in [0.717, 1.165) is 38.3 Å². The summed E-state index contributed by atoms with van der Waals surface area (Å²) in [7, 11) is 0. The highest BCUT2D eigenvalue weighted by Gasteiger charge is 2.20. The van der Waals surface area contributed by atoms with Crippen molar-refractivity contribution in [2.24, 2.45) is 11.8 Å². The van der Waals surface area contributed by atoms with Crippen molar-refractivity contribution in [1.82, 2.24) is 15.3 Å². The monoisotopic (exact) mass is 262 g/mol. The smallest absolute Gasteiger partial charge is 0.222 e. The first-order valence-corrected chi connectivity index (χ1v) is 6.95. The molecule has 5 heteroatoms. The van der Waals surface area contributed by atoms with Crippen LogP contribution < -0.4 is 10.2 Å². The summed E-state index contributed by atoms with van der Waals surface area (Å²) >= 11 is 0. The number of aromatic nitrogens is 2. The normalized spacial score (nSPS) is 16.7. The van der Waals surface area contributed by atoms with E-state index < -0.39 is 0 Å². The molecule has 1 aromatic heterocycles. The van der Waals surface area contributed by atoms with E-state index in [-0.39, 0.29) is 11.8 Å². The van der Waals surface area contributed by atoms with E-state index in [1.54, 1.807) is 18.6 Å². The van der Waals surface area contributed by atoms with Gasteiger partial charge in [0.1, 0.15) is 5.82 Å². The first kappa shape index (κ1) is 13.8. The predicted octanol–water partition coefficient (Wildman–Crippen LogP) is 1.47. The van der Waals surface area contributed by atoms with Crippen LogP contribution >= 0.6 is 0 Å². The van der Waals surface area contributed by atoms with E-state index in [1.165, 1.54) is 0 Å². The predicted molar refractivity (Wildman–Crippen MR) is 74.8 cm³/mol. The Hall–Kier alpha value is -1.65. The lowest BCUT2D eigenvalue weighted by molar-refractivity contribution is -0.124. The average Bonchev–Trinajstić information content (AvgIpc) is 2.46. The Morgan fingerprint density at radius 2 is 2.16 bits per heavy atom. The number of rotatable bonds is 4. The molecule has 0 aliphatic carbocycles. The van der Waals surface area contributed by atoms with Crippen LogP contribution in [0.1, 0.15) is 26.7 Å². The Balaban J connectivity index is 1.75. The summed E-state index contributed by atoms with van der Waals surface area (Å²) in [6.45, 7) is 6.62. The van der Waals surface area contributed by atoms with Crippen LogP contribution in [0, 0.1) is 11.8 Å². The van der Waals surface area contributed by atoms with Crippen molar-refractivity contribution in [2.75, 3.05) is 24.5 Å². The lowest BCUT2D eigenvalue weighted by atomic mass is 9.96. The van der Waals surface area contributed by atoms with Crippen LogP contribution in [-0.2, 0) is 4.79 Å². The number of nitrogens with zero attached hydrogens (tertiary/aromatic N) is 3. The average molecular weight is 262 g/mol. The highest BCUT2D eigenvalue weighted by molar-refractivity contribution is 5.77. The van der Waals surface area contributed by atoms with Crippen LogP contribution in [0.3, 0.4) is 0 Å². The topological polar surface area (TPSA) is 58.1 Å². The number of amides is 1. The Kier molecular flexibility index (Phi) is 4.71. The zero-order valence-corrected chi connectivity index (χ0v) is 11.7. The van der Waals surface area contributed by atoms with Crippen molar-refractivity contribution >= 4 is 11.7 Å². The second-order valence-electron chi connectivity index (χ2n) is 5.39. The van der Waals surface area contributed by atoms with Gasteiger partial charge in [-0.15, -0.1) is 0 Å². The van der Waals surface area contributed by atoms with E-state index in [9.17, 15) is 4.79 Å². The first-order valence-electron chi connectivity index (χ1n) is 6.95. The molecule has 0 aromatic carbocycles. The fraction of sp³-hybridized carbons (Fsp3) is 0.643. The van der Waals surface area contributed by atoms with Gasteiger partial charge in [0.2, 0.25) is 5.91 Å². The van der Waals surface area contributed by atoms with Gasteiger partial charge < -0.3 is 10.2 Å². The second-order valence-corrected chi connectivity index (χ2v) is 5.39. The van der Waals surface area contributed by atoms with Crippen molar-refractivity contribution in [2.45, 2.75) is 26.7 Å². The van der Waals surface area contributed by atoms with Gasteiger partial charge in [0, 0.05) is 37.9 Å². The van der Waals surface area contributed by atoms with E-state index >= 15 is 0 Å². The van der Waals surface area contributed by atoms with Crippen LogP contribution in [0.25, 0.3) is 0 Å². The molecule has 1 N–H and O–H groups in total. The van der Waals surface area contributed by atoms with Crippen LogP contribution in [0.4, 0.5) is 5.82 Å². The molecule has 0 saturated carbocycles. The number of anilines is 1.